The summed E-state index contributed by atoms with van der Waals surface area (Å²) in [5, 5.41) is 21.7. The third-order valence-corrected chi connectivity index (χ3v) is 7.58. The molecular formula is C30H21BrClFN4O5S. The Balaban J connectivity index is 1.38. The molecule has 3 aromatic carbocycles. The fourth-order valence-corrected chi connectivity index (χ4v) is 5.31. The number of halogens is 3. The van der Waals surface area contributed by atoms with Gasteiger partial charge in [0.25, 0.3) is 11.8 Å². The number of rotatable bonds is 9. The highest BCUT2D eigenvalue weighted by Crippen LogP contribution is 2.36. The molecule has 13 heteroatoms. The lowest BCUT2D eigenvalue weighted by atomic mass is 10.2. The van der Waals surface area contributed by atoms with Gasteiger partial charge in [0.1, 0.15) is 23.1 Å². The summed E-state index contributed by atoms with van der Waals surface area (Å²) in [7, 11) is 0. The van der Waals surface area contributed by atoms with Crippen LogP contribution in [-0.2, 0) is 16.1 Å². The first-order chi connectivity index (χ1) is 20.7. The van der Waals surface area contributed by atoms with Crippen molar-refractivity contribution in [2.75, 3.05) is 11.9 Å². The van der Waals surface area contributed by atoms with Crippen LogP contribution >= 0.6 is 39.3 Å². The standard InChI is InChI=1S/C30H21BrClFN4O5S/c31-20-3-9-25(38)19(12-20)15-34-36-30-37(16-24-2-1-11-41-24)29(40)27(43-30)14-18-13-21(32)4-10-26(18)42-17-28(39)35-23-7-5-22(33)6-8-23/h1-15,38H,16-17H2,(H,35,39)/b27-14-,34-15-,36-30+. The van der Waals surface area contributed by atoms with Gasteiger partial charge in [0.05, 0.1) is 23.9 Å². The van der Waals surface area contributed by atoms with Crippen LogP contribution in [0.3, 0.4) is 0 Å². The number of carbonyl (C=O) groups excluding carboxylic acids is 2. The summed E-state index contributed by atoms with van der Waals surface area (Å²) in [5.74, 6) is -0.365. The number of furan rings is 1. The Bertz CT molecular complexity index is 1750. The molecule has 0 unspecified atom stereocenters. The minimum absolute atomic E-state index is 0.0233. The zero-order valence-corrected chi connectivity index (χ0v) is 25.2. The number of nitrogens with zero attached hydrogens (tertiary/aromatic N) is 3. The van der Waals surface area contributed by atoms with E-state index in [0.29, 0.717) is 38.3 Å². The first-order valence-corrected chi connectivity index (χ1v) is 14.5. The van der Waals surface area contributed by atoms with Crippen molar-refractivity contribution >= 4 is 74.3 Å². The summed E-state index contributed by atoms with van der Waals surface area (Å²) in [5.41, 5.74) is 1.31. The van der Waals surface area contributed by atoms with Crippen molar-refractivity contribution in [2.45, 2.75) is 6.54 Å². The second kappa shape index (κ2) is 13.7. The van der Waals surface area contributed by atoms with Gasteiger partial charge in [-0.05, 0) is 90.6 Å². The second-order valence-electron chi connectivity index (χ2n) is 8.94. The van der Waals surface area contributed by atoms with Gasteiger partial charge in [-0.1, -0.05) is 27.5 Å². The highest BCUT2D eigenvalue weighted by molar-refractivity contribution is 9.10. The van der Waals surface area contributed by atoms with Crippen molar-refractivity contribution in [1.82, 2.24) is 4.90 Å². The lowest BCUT2D eigenvalue weighted by Gasteiger charge is -2.13. The molecule has 43 heavy (non-hydrogen) atoms. The van der Waals surface area contributed by atoms with Gasteiger partial charge in [-0.15, -0.1) is 5.10 Å². The van der Waals surface area contributed by atoms with Crippen LogP contribution in [0.15, 0.2) is 103 Å². The Morgan fingerprint density at radius 1 is 1.14 bits per heavy atom. The van der Waals surface area contributed by atoms with Gasteiger partial charge in [0.15, 0.2) is 11.8 Å². The molecule has 0 saturated carbocycles. The van der Waals surface area contributed by atoms with Crippen LogP contribution in [0.4, 0.5) is 10.1 Å². The predicted octanol–water partition coefficient (Wildman–Crippen LogP) is 7.06. The summed E-state index contributed by atoms with van der Waals surface area (Å²) >= 11 is 10.7. The van der Waals surface area contributed by atoms with Crippen molar-refractivity contribution in [3.8, 4) is 11.5 Å². The minimum atomic E-state index is -0.458. The largest absolute Gasteiger partial charge is 0.507 e. The van der Waals surface area contributed by atoms with Crippen LogP contribution in [0.1, 0.15) is 16.9 Å². The maximum Gasteiger partial charge on any atom is 0.267 e. The third kappa shape index (κ3) is 7.92. The van der Waals surface area contributed by atoms with Gasteiger partial charge < -0.3 is 19.6 Å². The number of phenols is 1. The molecule has 5 rings (SSSR count). The van der Waals surface area contributed by atoms with Crippen molar-refractivity contribution in [3.63, 3.8) is 0 Å². The quantitative estimate of drug-likeness (QED) is 0.111. The van der Waals surface area contributed by atoms with E-state index < -0.39 is 11.7 Å². The van der Waals surface area contributed by atoms with Crippen LogP contribution in [-0.4, -0.2) is 39.8 Å². The number of phenolic OH excluding ortho intramolecular Hbond substituents is 1. The van der Waals surface area contributed by atoms with Crippen LogP contribution in [0.2, 0.25) is 5.02 Å². The first kappa shape index (κ1) is 30.1. The molecule has 2 heterocycles. The van der Waals surface area contributed by atoms with E-state index in [1.165, 1.54) is 47.7 Å². The van der Waals surface area contributed by atoms with Crippen LogP contribution in [0.5, 0.6) is 11.5 Å². The monoisotopic (exact) mass is 682 g/mol. The van der Waals surface area contributed by atoms with Gasteiger partial charge in [0.2, 0.25) is 0 Å². The normalized spacial score (nSPS) is 15.1. The first-order valence-electron chi connectivity index (χ1n) is 12.6. The lowest BCUT2D eigenvalue weighted by Crippen LogP contribution is -2.28. The molecule has 1 saturated heterocycles. The summed E-state index contributed by atoms with van der Waals surface area (Å²) < 4.78 is 25.1. The molecule has 0 spiro atoms. The molecule has 9 nitrogen and oxygen atoms in total. The molecule has 1 aliphatic rings. The van der Waals surface area contributed by atoms with E-state index in [4.69, 9.17) is 20.8 Å². The van der Waals surface area contributed by atoms with Gasteiger partial charge in [-0.2, -0.15) is 5.10 Å². The molecule has 2 N–H and O–H groups in total. The Morgan fingerprint density at radius 3 is 2.72 bits per heavy atom. The minimum Gasteiger partial charge on any atom is -0.507 e. The summed E-state index contributed by atoms with van der Waals surface area (Å²) in [6.07, 6.45) is 4.48. The lowest BCUT2D eigenvalue weighted by molar-refractivity contribution is -0.122. The Labute approximate surface area is 262 Å². The van der Waals surface area contributed by atoms with Crippen molar-refractivity contribution in [2.24, 2.45) is 10.2 Å². The van der Waals surface area contributed by atoms with Crippen molar-refractivity contribution < 1.29 is 28.2 Å². The average molecular weight is 684 g/mol. The number of hydrogen-bond donors (Lipinski definition) is 2. The number of hydrogen-bond acceptors (Lipinski definition) is 8. The molecular weight excluding hydrogens is 663 g/mol. The Hall–Kier alpha value is -4.39. The van der Waals surface area contributed by atoms with E-state index in [1.807, 2.05) is 0 Å². The molecule has 218 valence electrons. The molecule has 0 radical (unpaired) electrons. The van der Waals surface area contributed by atoms with E-state index in [-0.39, 0.29) is 30.0 Å². The van der Waals surface area contributed by atoms with Gasteiger partial charge >= 0.3 is 0 Å². The van der Waals surface area contributed by atoms with Crippen molar-refractivity contribution in [1.29, 1.82) is 0 Å². The molecule has 0 atom stereocenters. The number of thioether (sulfide) groups is 1. The highest BCUT2D eigenvalue weighted by atomic mass is 79.9. The molecule has 4 aromatic rings. The molecule has 0 aliphatic carbocycles. The Kier molecular flexibility index (Phi) is 9.60. The summed E-state index contributed by atoms with van der Waals surface area (Å²) in [6, 6.07) is 18.5. The van der Waals surface area contributed by atoms with E-state index in [0.717, 1.165) is 16.2 Å². The predicted molar refractivity (Wildman–Crippen MR) is 168 cm³/mol. The van der Waals surface area contributed by atoms with Crippen LogP contribution in [0.25, 0.3) is 6.08 Å². The zero-order chi connectivity index (χ0) is 30.3. The SMILES string of the molecule is O=C(COc1ccc(Cl)cc1/C=C1\S/C(=N/N=C\c2cc(Br)ccc2O)N(Cc2ccco2)C1=O)Nc1ccc(F)cc1. The second-order valence-corrected chi connectivity index (χ2v) is 11.3. The number of amidine groups is 1. The molecule has 0 bridgehead atoms. The number of aromatic hydroxyl groups is 1. The van der Waals surface area contributed by atoms with E-state index in [2.05, 4.69) is 31.4 Å². The van der Waals surface area contributed by atoms with Crippen LogP contribution < -0.4 is 10.1 Å². The van der Waals surface area contributed by atoms with E-state index in [1.54, 1.807) is 48.5 Å². The number of amides is 2. The third-order valence-electron chi connectivity index (χ3n) is 5.86. The van der Waals surface area contributed by atoms with E-state index >= 15 is 0 Å². The number of nitrogens with one attached hydrogen (secondary N) is 1. The van der Waals surface area contributed by atoms with Crippen molar-refractivity contribution in [3.05, 3.63) is 116 Å². The smallest absolute Gasteiger partial charge is 0.267 e. The van der Waals surface area contributed by atoms with Gasteiger partial charge in [-0.3, -0.25) is 14.5 Å². The number of ether oxygens (including phenoxy) is 1. The fraction of sp³-hybridized carbons (Fsp3) is 0.0667. The summed E-state index contributed by atoms with van der Waals surface area (Å²) in [4.78, 5) is 27.7. The van der Waals surface area contributed by atoms with Gasteiger partial charge in [0, 0.05) is 26.3 Å². The maximum atomic E-state index is 13.5. The maximum absolute atomic E-state index is 13.5. The molecule has 2 amide bonds. The fourth-order valence-electron chi connectivity index (χ4n) is 3.83. The summed E-state index contributed by atoms with van der Waals surface area (Å²) in [6.45, 7) is -0.236. The topological polar surface area (TPSA) is 117 Å². The number of anilines is 1. The zero-order valence-electron chi connectivity index (χ0n) is 22.0. The van der Waals surface area contributed by atoms with Crippen LogP contribution in [0, 0.1) is 5.82 Å². The highest BCUT2D eigenvalue weighted by Gasteiger charge is 2.34. The molecule has 1 fully saturated rings. The molecule has 1 aromatic heterocycles. The van der Waals surface area contributed by atoms with E-state index in [9.17, 15) is 19.1 Å². The van der Waals surface area contributed by atoms with Gasteiger partial charge in [-0.25, -0.2) is 4.39 Å². The Morgan fingerprint density at radius 2 is 1.95 bits per heavy atom. The molecule has 1 aliphatic heterocycles. The number of benzene rings is 3. The average Bonchev–Trinajstić information content (AvgIpc) is 3.60. The number of carbonyl (C=O) groups is 2.